The molecule has 5 nitrogen and oxygen atoms in total. The first-order chi connectivity index (χ1) is 9.85. The van der Waals surface area contributed by atoms with Crippen LogP contribution in [0.15, 0.2) is 36.7 Å². The summed E-state index contributed by atoms with van der Waals surface area (Å²) in [6.45, 7) is 7.73. The van der Waals surface area contributed by atoms with Crippen LogP contribution < -0.4 is 5.32 Å². The summed E-state index contributed by atoms with van der Waals surface area (Å²) in [4.78, 5) is 15.2. The zero-order valence-corrected chi connectivity index (χ0v) is 12.6. The zero-order valence-electron chi connectivity index (χ0n) is 12.6. The number of hydrogen-bond acceptors (Lipinski definition) is 3. The molecule has 0 bridgehead atoms. The average Bonchev–Trinajstić information content (AvgIpc) is 2.83. The summed E-state index contributed by atoms with van der Waals surface area (Å²) in [6.07, 6.45) is 3.72. The van der Waals surface area contributed by atoms with E-state index in [4.69, 9.17) is 5.11 Å². The van der Waals surface area contributed by atoms with Gasteiger partial charge in [0.15, 0.2) is 0 Å². The number of aromatic carboxylic acids is 1. The molecule has 1 aromatic carbocycles. The fourth-order valence-electron chi connectivity index (χ4n) is 1.94. The molecule has 1 heterocycles. The van der Waals surface area contributed by atoms with E-state index in [1.54, 1.807) is 18.3 Å². The Morgan fingerprint density at radius 1 is 1.29 bits per heavy atom. The predicted molar refractivity (Wildman–Crippen MR) is 81.3 cm³/mol. The number of nitrogens with zero attached hydrogens (tertiary/aromatic N) is 2. The van der Waals surface area contributed by atoms with Gasteiger partial charge in [-0.2, -0.15) is 0 Å². The van der Waals surface area contributed by atoms with Gasteiger partial charge in [-0.05, 0) is 38.5 Å². The normalized spacial score (nSPS) is 11.6. The number of rotatable bonds is 5. The second kappa shape index (κ2) is 6.10. The number of aromatic nitrogens is 2. The van der Waals surface area contributed by atoms with Crippen molar-refractivity contribution in [3.05, 3.63) is 53.6 Å². The maximum absolute atomic E-state index is 10.8. The molecule has 112 valence electrons. The number of carboxylic acids is 1. The van der Waals surface area contributed by atoms with Crippen molar-refractivity contribution in [3.8, 4) is 0 Å². The average molecular weight is 287 g/mol. The molecular formula is C16H21N3O2. The molecule has 21 heavy (non-hydrogen) atoms. The summed E-state index contributed by atoms with van der Waals surface area (Å²) in [5, 5.41) is 12.3. The van der Waals surface area contributed by atoms with Crippen molar-refractivity contribution in [2.45, 2.75) is 39.4 Å². The number of carbonyl (C=O) groups is 1. The van der Waals surface area contributed by atoms with E-state index in [0.29, 0.717) is 18.7 Å². The van der Waals surface area contributed by atoms with Crippen LogP contribution in [0.1, 0.15) is 42.5 Å². The second-order valence-electron chi connectivity index (χ2n) is 6.08. The number of imidazole rings is 1. The van der Waals surface area contributed by atoms with Gasteiger partial charge in [0.2, 0.25) is 0 Å². The number of nitrogens with one attached hydrogen (secondary N) is 1. The summed E-state index contributed by atoms with van der Waals surface area (Å²) in [5.41, 5.74) is 1.40. The molecular weight excluding hydrogens is 266 g/mol. The van der Waals surface area contributed by atoms with Crippen molar-refractivity contribution in [2.24, 2.45) is 0 Å². The standard InChI is InChI=1S/C16H21N3O2/c1-16(2,3)18-10-14-17-8-9-19(14)11-12-4-6-13(7-5-12)15(20)21/h4-9,18H,10-11H2,1-3H3,(H,20,21). The summed E-state index contributed by atoms with van der Waals surface area (Å²) in [5.74, 6) is 0.0616. The maximum Gasteiger partial charge on any atom is 0.335 e. The fraction of sp³-hybridized carbons (Fsp3) is 0.375. The van der Waals surface area contributed by atoms with E-state index in [1.807, 2.05) is 18.3 Å². The molecule has 0 saturated carbocycles. The Bertz CT molecular complexity index is 609. The Morgan fingerprint density at radius 3 is 2.52 bits per heavy atom. The molecule has 0 unspecified atom stereocenters. The highest BCUT2D eigenvalue weighted by atomic mass is 16.4. The van der Waals surface area contributed by atoms with E-state index in [1.165, 1.54) is 0 Å². The van der Waals surface area contributed by atoms with Crippen molar-refractivity contribution in [3.63, 3.8) is 0 Å². The van der Waals surface area contributed by atoms with Gasteiger partial charge in [-0.25, -0.2) is 9.78 Å². The van der Waals surface area contributed by atoms with Crippen LogP contribution in [-0.4, -0.2) is 26.2 Å². The third kappa shape index (κ3) is 4.43. The highest BCUT2D eigenvalue weighted by Crippen LogP contribution is 2.09. The van der Waals surface area contributed by atoms with Gasteiger partial charge >= 0.3 is 5.97 Å². The van der Waals surface area contributed by atoms with Gasteiger partial charge in [0.25, 0.3) is 0 Å². The highest BCUT2D eigenvalue weighted by molar-refractivity contribution is 5.87. The first-order valence-electron chi connectivity index (χ1n) is 6.92. The Morgan fingerprint density at radius 2 is 1.95 bits per heavy atom. The Kier molecular flexibility index (Phi) is 4.43. The molecule has 0 aliphatic carbocycles. The van der Waals surface area contributed by atoms with E-state index < -0.39 is 5.97 Å². The van der Waals surface area contributed by atoms with Crippen LogP contribution in [0.4, 0.5) is 0 Å². The first kappa shape index (κ1) is 15.3. The third-order valence-corrected chi connectivity index (χ3v) is 3.13. The molecule has 0 aliphatic rings. The smallest absolute Gasteiger partial charge is 0.335 e. The lowest BCUT2D eigenvalue weighted by molar-refractivity contribution is 0.0697. The molecule has 2 N–H and O–H groups in total. The Hall–Kier alpha value is -2.14. The molecule has 0 aliphatic heterocycles. The van der Waals surface area contributed by atoms with E-state index in [0.717, 1.165) is 11.4 Å². The van der Waals surface area contributed by atoms with E-state index in [-0.39, 0.29) is 5.54 Å². The lowest BCUT2D eigenvalue weighted by atomic mass is 10.1. The van der Waals surface area contributed by atoms with E-state index in [2.05, 4.69) is 35.6 Å². The van der Waals surface area contributed by atoms with Crippen LogP contribution >= 0.6 is 0 Å². The van der Waals surface area contributed by atoms with Crippen LogP contribution in [-0.2, 0) is 13.1 Å². The van der Waals surface area contributed by atoms with Crippen LogP contribution in [0, 0.1) is 0 Å². The summed E-state index contributed by atoms with van der Waals surface area (Å²) >= 11 is 0. The molecule has 0 spiro atoms. The van der Waals surface area contributed by atoms with Gasteiger partial charge < -0.3 is 15.0 Å². The van der Waals surface area contributed by atoms with Gasteiger partial charge in [-0.3, -0.25) is 0 Å². The van der Waals surface area contributed by atoms with Crippen molar-refractivity contribution in [1.29, 1.82) is 0 Å². The van der Waals surface area contributed by atoms with Crippen molar-refractivity contribution in [2.75, 3.05) is 0 Å². The minimum absolute atomic E-state index is 0.0416. The maximum atomic E-state index is 10.8. The first-order valence-corrected chi connectivity index (χ1v) is 6.92. The quantitative estimate of drug-likeness (QED) is 0.886. The van der Waals surface area contributed by atoms with Crippen molar-refractivity contribution < 1.29 is 9.90 Å². The lowest BCUT2D eigenvalue weighted by Gasteiger charge is -2.20. The molecule has 5 heteroatoms. The van der Waals surface area contributed by atoms with Gasteiger partial charge in [0.05, 0.1) is 12.1 Å². The number of benzene rings is 1. The molecule has 0 atom stereocenters. The van der Waals surface area contributed by atoms with Crippen LogP contribution in [0.25, 0.3) is 0 Å². The van der Waals surface area contributed by atoms with Gasteiger partial charge in [0, 0.05) is 24.5 Å². The van der Waals surface area contributed by atoms with Crippen LogP contribution in [0.3, 0.4) is 0 Å². The van der Waals surface area contributed by atoms with Crippen molar-refractivity contribution in [1.82, 2.24) is 14.9 Å². The van der Waals surface area contributed by atoms with Gasteiger partial charge in [0.1, 0.15) is 5.82 Å². The van der Waals surface area contributed by atoms with Crippen LogP contribution in [0.5, 0.6) is 0 Å². The minimum Gasteiger partial charge on any atom is -0.478 e. The predicted octanol–water partition coefficient (Wildman–Crippen LogP) is 2.52. The topological polar surface area (TPSA) is 67.2 Å². The van der Waals surface area contributed by atoms with E-state index >= 15 is 0 Å². The summed E-state index contributed by atoms with van der Waals surface area (Å²) in [7, 11) is 0. The molecule has 0 radical (unpaired) electrons. The Labute approximate surface area is 124 Å². The van der Waals surface area contributed by atoms with Gasteiger partial charge in [-0.15, -0.1) is 0 Å². The molecule has 1 aromatic heterocycles. The third-order valence-electron chi connectivity index (χ3n) is 3.13. The monoisotopic (exact) mass is 287 g/mol. The minimum atomic E-state index is -0.903. The van der Waals surface area contributed by atoms with E-state index in [9.17, 15) is 4.79 Å². The second-order valence-corrected chi connectivity index (χ2v) is 6.08. The lowest BCUT2D eigenvalue weighted by Crippen LogP contribution is -2.36. The Balaban J connectivity index is 2.06. The van der Waals surface area contributed by atoms with Crippen molar-refractivity contribution >= 4 is 5.97 Å². The molecule has 0 saturated heterocycles. The SMILES string of the molecule is CC(C)(C)NCc1nccn1Cc1ccc(C(=O)O)cc1. The number of hydrogen-bond donors (Lipinski definition) is 2. The molecule has 0 fully saturated rings. The summed E-state index contributed by atoms with van der Waals surface area (Å²) < 4.78 is 2.06. The molecule has 0 amide bonds. The summed E-state index contributed by atoms with van der Waals surface area (Å²) in [6, 6.07) is 6.93. The fourth-order valence-corrected chi connectivity index (χ4v) is 1.94. The highest BCUT2D eigenvalue weighted by Gasteiger charge is 2.11. The largest absolute Gasteiger partial charge is 0.478 e. The molecule has 2 aromatic rings. The zero-order chi connectivity index (χ0) is 15.5. The molecule has 2 rings (SSSR count). The van der Waals surface area contributed by atoms with Crippen LogP contribution in [0.2, 0.25) is 0 Å². The number of carboxylic acid groups (broad SMARTS) is 1. The van der Waals surface area contributed by atoms with Gasteiger partial charge in [-0.1, -0.05) is 12.1 Å².